The maximum absolute atomic E-state index is 9.61. The minimum Gasteiger partial charge on any atom is -0.456 e. The maximum atomic E-state index is 9.61. The molecule has 0 spiro atoms. The molecule has 3 N–H and O–H groups in total. The highest BCUT2D eigenvalue weighted by molar-refractivity contribution is 5.85. The fourth-order valence-corrected chi connectivity index (χ4v) is 4.04. The Morgan fingerprint density at radius 3 is 2.57 bits per heavy atom. The third-order valence-corrected chi connectivity index (χ3v) is 6.15. The molecule has 2 aromatic carbocycles. The van der Waals surface area contributed by atoms with Gasteiger partial charge in [0.05, 0.1) is 19.0 Å². The number of hydrogen-bond acceptors (Lipinski definition) is 7. The zero-order valence-electron chi connectivity index (χ0n) is 20.2. The van der Waals surface area contributed by atoms with E-state index in [-0.39, 0.29) is 18.7 Å². The van der Waals surface area contributed by atoms with Crippen LogP contribution in [0.25, 0.3) is 33.5 Å². The molecule has 1 atom stereocenters. The quantitative estimate of drug-likeness (QED) is 0.257. The zero-order chi connectivity index (χ0) is 24.4. The molecule has 3 heterocycles. The number of furan rings is 1. The first-order valence-corrected chi connectivity index (χ1v) is 12.0. The van der Waals surface area contributed by atoms with E-state index in [4.69, 9.17) is 4.42 Å². The van der Waals surface area contributed by atoms with Crippen molar-refractivity contribution in [3.8, 4) is 11.3 Å². The molecule has 0 unspecified atom stereocenters. The molecule has 0 aliphatic carbocycles. The van der Waals surface area contributed by atoms with Gasteiger partial charge in [-0.1, -0.05) is 49.4 Å². The van der Waals surface area contributed by atoms with Crippen LogP contribution in [-0.2, 0) is 6.54 Å². The second-order valence-corrected chi connectivity index (χ2v) is 8.94. The minimum atomic E-state index is -0.110. The summed E-state index contributed by atoms with van der Waals surface area (Å²) in [6.45, 7) is 6.80. The van der Waals surface area contributed by atoms with Crippen LogP contribution in [0.5, 0.6) is 0 Å². The van der Waals surface area contributed by atoms with Gasteiger partial charge >= 0.3 is 0 Å². The maximum Gasteiger partial charge on any atom is 0.227 e. The summed E-state index contributed by atoms with van der Waals surface area (Å²) in [5.74, 6) is 1.99. The monoisotopic (exact) mass is 470 g/mol. The van der Waals surface area contributed by atoms with Gasteiger partial charge in [0.15, 0.2) is 17.0 Å². The number of hydrogen-bond donors (Lipinski definition) is 3. The SMILES string of the molecule is CC[C@H](CO)Nc1nc(NCc2ccc(-c3cc4ccccc4o3)cc2)c2ncn(C(C)C)c2n1. The van der Waals surface area contributed by atoms with E-state index in [1.165, 1.54) is 0 Å². The van der Waals surface area contributed by atoms with Gasteiger partial charge < -0.3 is 24.7 Å². The summed E-state index contributed by atoms with van der Waals surface area (Å²) in [5, 5.41) is 17.4. The highest BCUT2D eigenvalue weighted by atomic mass is 16.3. The predicted molar refractivity (Wildman–Crippen MR) is 139 cm³/mol. The molecular formula is C27H30N6O2. The molecule has 0 aliphatic heterocycles. The van der Waals surface area contributed by atoms with Crippen molar-refractivity contribution < 1.29 is 9.52 Å². The van der Waals surface area contributed by atoms with Crippen molar-refractivity contribution in [2.75, 3.05) is 17.2 Å². The van der Waals surface area contributed by atoms with Crippen LogP contribution in [-0.4, -0.2) is 37.3 Å². The first kappa shape index (κ1) is 22.9. The van der Waals surface area contributed by atoms with Crippen molar-refractivity contribution in [3.63, 3.8) is 0 Å². The second kappa shape index (κ2) is 9.76. The average molecular weight is 471 g/mol. The number of rotatable bonds is 9. The van der Waals surface area contributed by atoms with Gasteiger partial charge in [0, 0.05) is 23.5 Å². The van der Waals surface area contributed by atoms with E-state index >= 15 is 0 Å². The zero-order valence-corrected chi connectivity index (χ0v) is 20.2. The molecule has 0 saturated heterocycles. The molecule has 180 valence electrons. The molecule has 0 saturated carbocycles. The van der Waals surface area contributed by atoms with Gasteiger partial charge in [-0.05, 0) is 38.0 Å². The standard InChI is InChI=1S/C27H30N6O2/c1-4-21(15-34)30-27-31-25(24-26(32-27)33(16-29-24)17(2)3)28-14-18-9-11-19(12-10-18)23-13-20-7-5-6-8-22(20)35-23/h5-13,16-17,21,34H,4,14-15H2,1-3H3,(H2,28,30,31,32)/t21-/m1/s1. The highest BCUT2D eigenvalue weighted by Gasteiger charge is 2.16. The van der Waals surface area contributed by atoms with Gasteiger partial charge in [0.2, 0.25) is 5.95 Å². The fraction of sp³-hybridized carbons (Fsp3) is 0.296. The molecule has 0 amide bonds. The Kier molecular flexibility index (Phi) is 6.37. The average Bonchev–Trinajstić information content (AvgIpc) is 3.51. The molecule has 5 rings (SSSR count). The summed E-state index contributed by atoms with van der Waals surface area (Å²) in [6, 6.07) is 18.5. The van der Waals surface area contributed by atoms with Crippen LogP contribution in [0.3, 0.4) is 0 Å². The summed E-state index contributed by atoms with van der Waals surface area (Å²) >= 11 is 0. The van der Waals surface area contributed by atoms with Gasteiger partial charge in [0.25, 0.3) is 0 Å². The van der Waals surface area contributed by atoms with Crippen LogP contribution in [0.2, 0.25) is 0 Å². The lowest BCUT2D eigenvalue weighted by atomic mass is 10.1. The summed E-state index contributed by atoms with van der Waals surface area (Å²) < 4.78 is 8.01. The number of nitrogens with zero attached hydrogens (tertiary/aromatic N) is 4. The van der Waals surface area contributed by atoms with Crippen molar-refractivity contribution in [3.05, 3.63) is 66.5 Å². The van der Waals surface area contributed by atoms with Crippen molar-refractivity contribution in [1.29, 1.82) is 0 Å². The van der Waals surface area contributed by atoms with Crippen LogP contribution in [0, 0.1) is 0 Å². The normalized spacial score (nSPS) is 12.5. The Bertz CT molecular complexity index is 1400. The third kappa shape index (κ3) is 4.70. The minimum absolute atomic E-state index is 0.0156. The molecule has 35 heavy (non-hydrogen) atoms. The van der Waals surface area contributed by atoms with Gasteiger partial charge in [0.1, 0.15) is 11.3 Å². The van der Waals surface area contributed by atoms with Crippen LogP contribution in [0.1, 0.15) is 38.8 Å². The number of benzene rings is 2. The smallest absolute Gasteiger partial charge is 0.227 e. The van der Waals surface area contributed by atoms with Crippen molar-refractivity contribution >= 4 is 33.9 Å². The highest BCUT2D eigenvalue weighted by Crippen LogP contribution is 2.28. The lowest BCUT2D eigenvalue weighted by Gasteiger charge is -2.16. The second-order valence-electron chi connectivity index (χ2n) is 8.94. The summed E-state index contributed by atoms with van der Waals surface area (Å²) in [7, 11) is 0. The summed E-state index contributed by atoms with van der Waals surface area (Å²) in [5.41, 5.74) is 4.51. The van der Waals surface area contributed by atoms with Gasteiger partial charge in [-0.2, -0.15) is 9.97 Å². The Labute approximate surface area is 204 Å². The van der Waals surface area contributed by atoms with Gasteiger partial charge in [-0.3, -0.25) is 0 Å². The van der Waals surface area contributed by atoms with Crippen LogP contribution < -0.4 is 10.6 Å². The number of imidazole rings is 1. The largest absolute Gasteiger partial charge is 0.456 e. The van der Waals surface area contributed by atoms with E-state index in [2.05, 4.69) is 75.8 Å². The molecule has 8 nitrogen and oxygen atoms in total. The molecular weight excluding hydrogens is 440 g/mol. The Morgan fingerprint density at radius 1 is 1.06 bits per heavy atom. The molecule has 8 heteroatoms. The molecule has 0 fully saturated rings. The van der Waals surface area contributed by atoms with E-state index in [1.54, 1.807) is 6.33 Å². The Morgan fingerprint density at radius 2 is 1.86 bits per heavy atom. The predicted octanol–water partition coefficient (Wildman–Crippen LogP) is 5.62. The van der Waals surface area contributed by atoms with Crippen LogP contribution in [0.15, 0.2) is 65.3 Å². The molecule has 0 bridgehead atoms. The number of aromatic nitrogens is 4. The summed E-state index contributed by atoms with van der Waals surface area (Å²) in [6.07, 6.45) is 2.56. The Balaban J connectivity index is 1.38. The van der Waals surface area contributed by atoms with E-state index in [9.17, 15) is 5.11 Å². The number of anilines is 2. The fourth-order valence-electron chi connectivity index (χ4n) is 4.04. The van der Waals surface area contributed by atoms with Crippen LogP contribution in [0.4, 0.5) is 11.8 Å². The number of aliphatic hydroxyl groups is 1. The third-order valence-electron chi connectivity index (χ3n) is 6.15. The number of aliphatic hydroxyl groups excluding tert-OH is 1. The van der Waals surface area contributed by atoms with E-state index in [0.29, 0.717) is 18.3 Å². The van der Waals surface area contributed by atoms with Crippen molar-refractivity contribution in [2.24, 2.45) is 0 Å². The lowest BCUT2D eigenvalue weighted by molar-refractivity contribution is 0.271. The van der Waals surface area contributed by atoms with Gasteiger partial charge in [-0.25, -0.2) is 4.98 Å². The van der Waals surface area contributed by atoms with Gasteiger partial charge in [-0.15, -0.1) is 0 Å². The van der Waals surface area contributed by atoms with Crippen molar-refractivity contribution in [2.45, 2.75) is 45.8 Å². The number of nitrogens with one attached hydrogen (secondary N) is 2. The molecule has 0 aliphatic rings. The van der Waals surface area contributed by atoms with E-state index < -0.39 is 0 Å². The first-order valence-electron chi connectivity index (χ1n) is 12.0. The number of fused-ring (bicyclic) bond motifs is 2. The van der Waals surface area contributed by atoms with Crippen molar-refractivity contribution in [1.82, 2.24) is 19.5 Å². The topological polar surface area (TPSA) is 101 Å². The molecule has 5 aromatic rings. The molecule has 0 radical (unpaired) electrons. The van der Waals surface area contributed by atoms with Crippen LogP contribution >= 0.6 is 0 Å². The number of para-hydroxylation sites is 1. The molecule has 3 aromatic heterocycles. The Hall–Kier alpha value is -3.91. The lowest BCUT2D eigenvalue weighted by Crippen LogP contribution is -2.24. The van der Waals surface area contributed by atoms with E-state index in [1.807, 2.05) is 29.7 Å². The summed E-state index contributed by atoms with van der Waals surface area (Å²) in [4.78, 5) is 13.9. The van der Waals surface area contributed by atoms with E-state index in [0.717, 1.165) is 45.4 Å². The first-order chi connectivity index (χ1) is 17.1.